The first-order valence-electron chi connectivity index (χ1n) is 14.1. The Morgan fingerprint density at radius 1 is 0.895 bits per heavy atom. The van der Waals surface area contributed by atoms with Gasteiger partial charge in [0, 0.05) is 62.2 Å². The number of amides is 2. The van der Waals surface area contributed by atoms with Gasteiger partial charge in [-0.25, -0.2) is 8.78 Å². The molecule has 202 valence electrons. The molecule has 1 N–H and O–H groups in total. The molecule has 2 aromatic carbocycles. The number of carbonyl (C=O) groups excluding carboxylic acids is 2. The van der Waals surface area contributed by atoms with Crippen molar-refractivity contribution >= 4 is 11.8 Å². The van der Waals surface area contributed by atoms with Crippen LogP contribution in [0.15, 0.2) is 54.6 Å². The fourth-order valence-corrected chi connectivity index (χ4v) is 7.21. The van der Waals surface area contributed by atoms with E-state index in [2.05, 4.69) is 40.5 Å². The van der Waals surface area contributed by atoms with Crippen molar-refractivity contribution < 1.29 is 18.4 Å². The summed E-state index contributed by atoms with van der Waals surface area (Å²) in [4.78, 5) is 30.3. The summed E-state index contributed by atoms with van der Waals surface area (Å²) in [5.41, 5.74) is 1.58. The zero-order chi connectivity index (χ0) is 26.4. The van der Waals surface area contributed by atoms with Gasteiger partial charge in [-0.3, -0.25) is 14.5 Å². The molecule has 2 saturated carbocycles. The van der Waals surface area contributed by atoms with Crippen LogP contribution in [0.3, 0.4) is 0 Å². The van der Waals surface area contributed by atoms with Crippen LogP contribution in [0.5, 0.6) is 0 Å². The summed E-state index contributed by atoms with van der Waals surface area (Å²) >= 11 is 0. The van der Waals surface area contributed by atoms with Crippen molar-refractivity contribution in [3.63, 3.8) is 0 Å². The second-order valence-electron chi connectivity index (χ2n) is 11.9. The van der Waals surface area contributed by atoms with Gasteiger partial charge in [0.2, 0.25) is 5.91 Å². The van der Waals surface area contributed by atoms with Gasteiger partial charge in [-0.2, -0.15) is 0 Å². The normalized spacial score (nSPS) is 31.2. The Hall–Kier alpha value is -2.80. The van der Waals surface area contributed by atoms with E-state index in [1.165, 1.54) is 49.4 Å². The minimum atomic E-state index is -2.99. The first-order chi connectivity index (χ1) is 18.3. The Bertz CT molecular complexity index is 1160. The molecular weight excluding hydrogens is 484 g/mol. The predicted molar refractivity (Wildman–Crippen MR) is 142 cm³/mol. The van der Waals surface area contributed by atoms with Crippen molar-refractivity contribution in [3.05, 3.63) is 71.3 Å². The number of nitrogens with one attached hydrogen (secondary N) is 1. The van der Waals surface area contributed by atoms with Gasteiger partial charge < -0.3 is 10.2 Å². The largest absolute Gasteiger partial charge is 0.351 e. The molecule has 0 radical (unpaired) electrons. The van der Waals surface area contributed by atoms with E-state index in [1.807, 2.05) is 0 Å². The van der Waals surface area contributed by atoms with Gasteiger partial charge >= 0.3 is 0 Å². The highest BCUT2D eigenvalue weighted by atomic mass is 19.3. The van der Waals surface area contributed by atoms with Crippen LogP contribution < -0.4 is 5.32 Å². The topological polar surface area (TPSA) is 52.7 Å². The highest BCUT2D eigenvalue weighted by Crippen LogP contribution is 2.53. The van der Waals surface area contributed by atoms with E-state index in [1.54, 1.807) is 11.0 Å². The number of fused-ring (bicyclic) bond motifs is 1. The number of nitrogens with zero attached hydrogens (tertiary/aromatic N) is 2. The maximum Gasteiger partial charge on any atom is 0.270 e. The number of benzene rings is 2. The zero-order valence-corrected chi connectivity index (χ0v) is 22.0. The molecule has 2 aliphatic heterocycles. The second kappa shape index (κ2) is 10.1. The van der Waals surface area contributed by atoms with Crippen molar-refractivity contribution in [3.8, 4) is 0 Å². The van der Waals surface area contributed by atoms with Crippen molar-refractivity contribution in [2.24, 2.45) is 17.8 Å². The molecule has 0 spiro atoms. The first kappa shape index (κ1) is 25.5. The minimum Gasteiger partial charge on any atom is -0.351 e. The molecule has 7 heteroatoms. The van der Waals surface area contributed by atoms with Crippen molar-refractivity contribution in [1.82, 2.24) is 15.1 Å². The molecule has 4 fully saturated rings. The maximum atomic E-state index is 13.7. The Morgan fingerprint density at radius 3 is 2.29 bits per heavy atom. The monoisotopic (exact) mass is 521 g/mol. The molecule has 4 aliphatic rings. The van der Waals surface area contributed by atoms with E-state index in [-0.39, 0.29) is 34.9 Å². The zero-order valence-electron chi connectivity index (χ0n) is 22.0. The lowest BCUT2D eigenvalue weighted by atomic mass is 9.81. The van der Waals surface area contributed by atoms with Crippen LogP contribution >= 0.6 is 0 Å². The van der Waals surface area contributed by atoms with Crippen LogP contribution in [0.4, 0.5) is 8.78 Å². The lowest BCUT2D eigenvalue weighted by Crippen LogP contribution is -2.42. The van der Waals surface area contributed by atoms with Gasteiger partial charge in [-0.15, -0.1) is 0 Å². The molecule has 2 saturated heterocycles. The molecule has 0 bridgehead atoms. The molecule has 2 heterocycles. The van der Waals surface area contributed by atoms with E-state index in [4.69, 9.17) is 0 Å². The van der Waals surface area contributed by atoms with Gasteiger partial charge in [0.1, 0.15) is 0 Å². The standard InChI is InChI=1S/C31H37F2N3O2/c1-31(32,33)23-9-5-8-22(16-23)30(38)35-15-14-24(17-35)34-29(37)28-26-18-36(19-27(26)28)25-12-10-21(11-13-25)20-6-3-2-4-7-20/h2-9,16,21,24-28H,10-15,17-19H2,1H3,(H,34,37)/t21?,24-,25?,26-,27+,28?/m1/s1. The van der Waals surface area contributed by atoms with Crippen LogP contribution in [0.2, 0.25) is 0 Å². The third kappa shape index (κ3) is 5.09. The third-order valence-corrected chi connectivity index (χ3v) is 9.45. The molecule has 2 aromatic rings. The lowest BCUT2D eigenvalue weighted by molar-refractivity contribution is -0.124. The van der Waals surface area contributed by atoms with E-state index >= 15 is 0 Å². The number of likely N-dealkylation sites (tertiary alicyclic amines) is 2. The van der Waals surface area contributed by atoms with Gasteiger partial charge in [-0.05, 0) is 67.6 Å². The van der Waals surface area contributed by atoms with Crippen LogP contribution in [0.25, 0.3) is 0 Å². The van der Waals surface area contributed by atoms with Crippen LogP contribution in [-0.4, -0.2) is 59.9 Å². The minimum absolute atomic E-state index is 0.0760. The molecular formula is C31H37F2N3O2. The number of hydrogen-bond donors (Lipinski definition) is 1. The smallest absolute Gasteiger partial charge is 0.270 e. The molecule has 5 nitrogen and oxygen atoms in total. The molecule has 0 aromatic heterocycles. The van der Waals surface area contributed by atoms with Crippen LogP contribution in [0, 0.1) is 17.8 Å². The summed E-state index contributed by atoms with van der Waals surface area (Å²) in [7, 11) is 0. The number of halogens is 2. The average Bonchev–Trinajstić information content (AvgIpc) is 3.22. The Morgan fingerprint density at radius 2 is 1.61 bits per heavy atom. The summed E-state index contributed by atoms with van der Waals surface area (Å²) in [5, 5.41) is 3.19. The maximum absolute atomic E-state index is 13.7. The Labute approximate surface area is 223 Å². The molecule has 2 aliphatic carbocycles. The quantitative estimate of drug-likeness (QED) is 0.580. The van der Waals surface area contributed by atoms with E-state index in [0.717, 1.165) is 20.0 Å². The van der Waals surface area contributed by atoms with E-state index in [0.29, 0.717) is 43.3 Å². The van der Waals surface area contributed by atoms with Crippen molar-refractivity contribution in [1.29, 1.82) is 0 Å². The van der Waals surface area contributed by atoms with Crippen molar-refractivity contribution in [2.45, 2.75) is 63.0 Å². The summed E-state index contributed by atoms with van der Waals surface area (Å²) in [6, 6.07) is 17.1. The summed E-state index contributed by atoms with van der Waals surface area (Å²) in [5.74, 6) is -1.43. The van der Waals surface area contributed by atoms with Crippen molar-refractivity contribution in [2.75, 3.05) is 26.2 Å². The number of hydrogen-bond acceptors (Lipinski definition) is 3. The lowest BCUT2D eigenvalue weighted by Gasteiger charge is -2.36. The van der Waals surface area contributed by atoms with Gasteiger partial charge in [0.25, 0.3) is 11.8 Å². The number of alkyl halides is 2. The Kier molecular flexibility index (Phi) is 6.75. The summed E-state index contributed by atoms with van der Waals surface area (Å²) in [6.07, 6.45) is 5.65. The van der Waals surface area contributed by atoms with Gasteiger partial charge in [0.15, 0.2) is 0 Å². The highest BCUT2D eigenvalue weighted by Gasteiger charge is 2.60. The van der Waals surface area contributed by atoms with E-state index in [9.17, 15) is 18.4 Å². The first-order valence-corrected chi connectivity index (χ1v) is 14.1. The number of carbonyl (C=O) groups is 2. The highest BCUT2D eigenvalue weighted by molar-refractivity contribution is 5.94. The molecule has 4 atom stereocenters. The Balaban J connectivity index is 0.953. The van der Waals surface area contributed by atoms with E-state index < -0.39 is 5.92 Å². The predicted octanol–water partition coefficient (Wildman–Crippen LogP) is 5.03. The SMILES string of the molecule is CC(F)(F)c1cccc(C(=O)N2CC[C@@H](NC(=O)C3[C@H]4CN(C5CCC(c6ccccc6)CC5)C[C@@H]34)C2)c1. The number of rotatable bonds is 6. The third-order valence-electron chi connectivity index (χ3n) is 9.45. The van der Waals surface area contributed by atoms with Gasteiger partial charge in [-0.1, -0.05) is 42.5 Å². The summed E-state index contributed by atoms with van der Waals surface area (Å²) < 4.78 is 27.4. The van der Waals surface area contributed by atoms with Crippen LogP contribution in [-0.2, 0) is 10.7 Å². The number of piperidine rings is 1. The van der Waals surface area contributed by atoms with Gasteiger partial charge in [0.05, 0.1) is 0 Å². The fourth-order valence-electron chi connectivity index (χ4n) is 7.21. The molecule has 6 rings (SSSR count). The molecule has 2 amide bonds. The fraction of sp³-hybridized carbons (Fsp3) is 0.548. The molecule has 1 unspecified atom stereocenters. The second-order valence-corrected chi connectivity index (χ2v) is 11.9. The average molecular weight is 522 g/mol. The summed E-state index contributed by atoms with van der Waals surface area (Å²) in [6.45, 7) is 3.83. The molecule has 38 heavy (non-hydrogen) atoms. The van der Waals surface area contributed by atoms with Crippen LogP contribution in [0.1, 0.15) is 66.4 Å².